The standard InChI is InChI=1S/C8H13NO2/c1-3-7(4-1)9-8(11-10-7)5-2-6-8/h9H,1-6H2. The van der Waals surface area contributed by atoms with Gasteiger partial charge in [0.25, 0.3) is 0 Å². The Morgan fingerprint density at radius 1 is 0.818 bits per heavy atom. The normalized spacial score (nSPS) is 37.1. The average molecular weight is 155 g/mol. The van der Waals surface area contributed by atoms with E-state index in [4.69, 9.17) is 9.78 Å². The minimum Gasteiger partial charge on any atom is -0.256 e. The summed E-state index contributed by atoms with van der Waals surface area (Å²) < 4.78 is 0. The van der Waals surface area contributed by atoms with E-state index in [1.165, 1.54) is 12.8 Å². The highest BCUT2D eigenvalue weighted by atomic mass is 17.2. The Morgan fingerprint density at radius 2 is 1.27 bits per heavy atom. The minimum atomic E-state index is -0.0690. The molecule has 11 heavy (non-hydrogen) atoms. The van der Waals surface area contributed by atoms with Crippen LogP contribution < -0.4 is 5.32 Å². The Morgan fingerprint density at radius 3 is 1.45 bits per heavy atom. The third kappa shape index (κ3) is 0.736. The summed E-state index contributed by atoms with van der Waals surface area (Å²) in [6.07, 6.45) is 7.02. The van der Waals surface area contributed by atoms with E-state index < -0.39 is 0 Å². The highest BCUT2D eigenvalue weighted by Gasteiger charge is 2.56. The zero-order valence-electron chi connectivity index (χ0n) is 6.56. The molecule has 1 heterocycles. The summed E-state index contributed by atoms with van der Waals surface area (Å²) in [5.41, 5.74) is -0.138. The molecule has 3 aliphatic rings. The summed E-state index contributed by atoms with van der Waals surface area (Å²) in [5, 5.41) is 3.47. The summed E-state index contributed by atoms with van der Waals surface area (Å²) >= 11 is 0. The summed E-state index contributed by atoms with van der Waals surface area (Å²) in [5.74, 6) is 0. The summed E-state index contributed by atoms with van der Waals surface area (Å²) in [6, 6.07) is 0. The van der Waals surface area contributed by atoms with Gasteiger partial charge in [0, 0.05) is 0 Å². The van der Waals surface area contributed by atoms with Crippen LogP contribution in [0.1, 0.15) is 38.5 Å². The van der Waals surface area contributed by atoms with Crippen LogP contribution in [0.5, 0.6) is 0 Å². The van der Waals surface area contributed by atoms with Crippen LogP contribution in [0.4, 0.5) is 0 Å². The molecular weight excluding hydrogens is 142 g/mol. The largest absolute Gasteiger partial charge is 0.256 e. The first-order chi connectivity index (χ1) is 5.33. The molecule has 0 atom stereocenters. The van der Waals surface area contributed by atoms with Gasteiger partial charge in [0.1, 0.15) is 0 Å². The molecule has 0 radical (unpaired) electrons. The van der Waals surface area contributed by atoms with Gasteiger partial charge in [-0.3, -0.25) is 5.32 Å². The van der Waals surface area contributed by atoms with E-state index in [9.17, 15) is 0 Å². The fourth-order valence-corrected chi connectivity index (χ4v) is 2.03. The van der Waals surface area contributed by atoms with Gasteiger partial charge in [-0.25, -0.2) is 9.78 Å². The van der Waals surface area contributed by atoms with Crippen molar-refractivity contribution >= 4 is 0 Å². The Balaban J connectivity index is 1.76. The zero-order valence-corrected chi connectivity index (χ0v) is 6.56. The van der Waals surface area contributed by atoms with E-state index in [0.29, 0.717) is 0 Å². The molecule has 0 aromatic rings. The maximum atomic E-state index is 5.32. The predicted molar refractivity (Wildman–Crippen MR) is 38.5 cm³/mol. The van der Waals surface area contributed by atoms with Crippen molar-refractivity contribution in [3.63, 3.8) is 0 Å². The van der Waals surface area contributed by atoms with Crippen LogP contribution in [0.15, 0.2) is 0 Å². The van der Waals surface area contributed by atoms with Crippen LogP contribution in [-0.2, 0) is 9.78 Å². The fourth-order valence-electron chi connectivity index (χ4n) is 2.03. The Kier molecular flexibility index (Phi) is 1.04. The fraction of sp³-hybridized carbons (Fsp3) is 1.00. The van der Waals surface area contributed by atoms with Gasteiger partial charge in [-0.05, 0) is 38.5 Å². The molecule has 0 aromatic heterocycles. The molecule has 3 fully saturated rings. The molecule has 0 unspecified atom stereocenters. The van der Waals surface area contributed by atoms with Crippen molar-refractivity contribution < 1.29 is 9.78 Å². The highest BCUT2D eigenvalue weighted by molar-refractivity contribution is 4.99. The van der Waals surface area contributed by atoms with Gasteiger partial charge in [0.05, 0.1) is 0 Å². The molecule has 3 heteroatoms. The molecule has 2 spiro atoms. The maximum absolute atomic E-state index is 5.32. The Bertz CT molecular complexity index is 165. The SMILES string of the molecule is C1CC2(C1)NC1(CCC1)OO2. The lowest BCUT2D eigenvalue weighted by atomic mass is 9.82. The third-order valence-corrected chi connectivity index (χ3v) is 3.14. The molecule has 62 valence electrons. The van der Waals surface area contributed by atoms with E-state index >= 15 is 0 Å². The Hall–Kier alpha value is -0.120. The van der Waals surface area contributed by atoms with Crippen LogP contribution in [0.25, 0.3) is 0 Å². The quantitative estimate of drug-likeness (QED) is 0.535. The van der Waals surface area contributed by atoms with Crippen LogP contribution in [-0.4, -0.2) is 11.4 Å². The summed E-state index contributed by atoms with van der Waals surface area (Å²) in [4.78, 5) is 10.6. The van der Waals surface area contributed by atoms with Crippen LogP contribution in [0.3, 0.4) is 0 Å². The van der Waals surface area contributed by atoms with Crippen molar-refractivity contribution in [2.75, 3.05) is 0 Å². The van der Waals surface area contributed by atoms with Crippen LogP contribution in [0, 0.1) is 0 Å². The highest BCUT2D eigenvalue weighted by Crippen LogP contribution is 2.47. The monoisotopic (exact) mass is 155 g/mol. The smallest absolute Gasteiger partial charge is 0.156 e. The first-order valence-corrected chi connectivity index (χ1v) is 4.49. The van der Waals surface area contributed by atoms with Crippen molar-refractivity contribution in [1.82, 2.24) is 5.32 Å². The van der Waals surface area contributed by atoms with Crippen molar-refractivity contribution in [1.29, 1.82) is 0 Å². The van der Waals surface area contributed by atoms with Gasteiger partial charge in [-0.1, -0.05) is 0 Å². The molecule has 3 rings (SSSR count). The van der Waals surface area contributed by atoms with Crippen molar-refractivity contribution in [3.8, 4) is 0 Å². The molecule has 3 nitrogen and oxygen atoms in total. The third-order valence-electron chi connectivity index (χ3n) is 3.14. The Labute approximate surface area is 66.0 Å². The van der Waals surface area contributed by atoms with Gasteiger partial charge in [-0.2, -0.15) is 0 Å². The lowest BCUT2D eigenvalue weighted by Gasteiger charge is -2.39. The lowest BCUT2D eigenvalue weighted by Crippen LogP contribution is -2.57. The van der Waals surface area contributed by atoms with Crippen molar-refractivity contribution in [3.05, 3.63) is 0 Å². The number of rotatable bonds is 0. The van der Waals surface area contributed by atoms with E-state index in [0.717, 1.165) is 25.7 Å². The molecule has 0 amide bonds. The maximum Gasteiger partial charge on any atom is 0.156 e. The van der Waals surface area contributed by atoms with Crippen molar-refractivity contribution in [2.45, 2.75) is 50.0 Å². The number of hydrogen-bond acceptors (Lipinski definition) is 3. The molecule has 1 N–H and O–H groups in total. The van der Waals surface area contributed by atoms with Gasteiger partial charge >= 0.3 is 0 Å². The second kappa shape index (κ2) is 1.79. The van der Waals surface area contributed by atoms with Gasteiger partial charge in [0.15, 0.2) is 11.4 Å². The molecular formula is C8H13NO2. The molecule has 2 aliphatic carbocycles. The molecule has 0 aromatic carbocycles. The molecule has 1 aliphatic heterocycles. The van der Waals surface area contributed by atoms with E-state index in [1.807, 2.05) is 0 Å². The van der Waals surface area contributed by atoms with Gasteiger partial charge < -0.3 is 0 Å². The van der Waals surface area contributed by atoms with E-state index in [1.54, 1.807) is 0 Å². The number of nitrogens with one attached hydrogen (secondary N) is 1. The molecule has 2 saturated carbocycles. The van der Waals surface area contributed by atoms with E-state index in [2.05, 4.69) is 5.32 Å². The lowest BCUT2D eigenvalue weighted by molar-refractivity contribution is -0.372. The second-order valence-electron chi connectivity index (χ2n) is 3.99. The predicted octanol–water partition coefficient (Wildman–Crippen LogP) is 1.30. The first-order valence-electron chi connectivity index (χ1n) is 4.49. The summed E-state index contributed by atoms with van der Waals surface area (Å²) in [6.45, 7) is 0. The van der Waals surface area contributed by atoms with Crippen molar-refractivity contribution in [2.24, 2.45) is 0 Å². The molecule has 1 saturated heterocycles. The minimum absolute atomic E-state index is 0.0690. The van der Waals surface area contributed by atoms with Gasteiger partial charge in [-0.15, -0.1) is 0 Å². The topological polar surface area (TPSA) is 30.5 Å². The zero-order chi connectivity index (χ0) is 7.36. The van der Waals surface area contributed by atoms with Crippen LogP contribution in [0.2, 0.25) is 0 Å². The first kappa shape index (κ1) is 6.40. The van der Waals surface area contributed by atoms with E-state index in [-0.39, 0.29) is 11.4 Å². The average Bonchev–Trinajstić information content (AvgIpc) is 2.23. The summed E-state index contributed by atoms with van der Waals surface area (Å²) in [7, 11) is 0. The molecule has 0 bridgehead atoms. The van der Waals surface area contributed by atoms with Crippen LogP contribution >= 0.6 is 0 Å². The number of hydrogen-bond donors (Lipinski definition) is 1. The second-order valence-corrected chi connectivity index (χ2v) is 3.99. The van der Waals surface area contributed by atoms with Gasteiger partial charge in [0.2, 0.25) is 0 Å².